The number of aliphatic imine (C=N–C) groups is 2. The van der Waals surface area contributed by atoms with Crippen LogP contribution in [0.2, 0.25) is 5.02 Å². The fourth-order valence-corrected chi connectivity index (χ4v) is 2.96. The molecule has 0 bridgehead atoms. The molecule has 2 aromatic carbocycles. The van der Waals surface area contributed by atoms with Gasteiger partial charge in [-0.05, 0) is 54.8 Å². The van der Waals surface area contributed by atoms with Crippen molar-refractivity contribution in [2.24, 2.45) is 21.5 Å². The van der Waals surface area contributed by atoms with Gasteiger partial charge in [-0.25, -0.2) is 4.99 Å². The van der Waals surface area contributed by atoms with Gasteiger partial charge in [0, 0.05) is 10.7 Å². The molecule has 7 heteroatoms. The van der Waals surface area contributed by atoms with Crippen LogP contribution in [0.3, 0.4) is 0 Å². The molecule has 0 saturated heterocycles. The molecule has 24 heavy (non-hydrogen) atoms. The molecule has 0 saturated carbocycles. The van der Waals surface area contributed by atoms with Gasteiger partial charge in [0.25, 0.3) is 0 Å². The molecule has 1 heterocycles. The highest BCUT2D eigenvalue weighted by molar-refractivity contribution is 6.30. The molecular weight excluding hydrogens is 345 g/mol. The number of rotatable bonds is 2. The summed E-state index contributed by atoms with van der Waals surface area (Å²) in [6, 6.07) is 13.7. The van der Waals surface area contributed by atoms with Gasteiger partial charge in [-0.1, -0.05) is 29.8 Å². The first-order chi connectivity index (χ1) is 10.9. The molecule has 0 fully saturated rings. The number of hydrogen-bond acceptors (Lipinski definition) is 5. The molecule has 1 aliphatic rings. The van der Waals surface area contributed by atoms with Gasteiger partial charge in [-0.2, -0.15) is 4.99 Å². The maximum absolute atomic E-state index is 6.15. The van der Waals surface area contributed by atoms with Crippen LogP contribution in [0.5, 0.6) is 0 Å². The molecule has 1 atom stereocenters. The Hall–Kier alpha value is -2.24. The Morgan fingerprint density at radius 1 is 1.04 bits per heavy atom. The van der Waals surface area contributed by atoms with Crippen molar-refractivity contribution in [3.63, 3.8) is 0 Å². The SMILES string of the molecule is Cc1cc(C)cc(N2C(N)=NC(N)=NC2c2cccc(Cl)c2)c1.Cl. The Labute approximate surface area is 152 Å². The van der Waals surface area contributed by atoms with Crippen LogP contribution in [0.15, 0.2) is 52.4 Å². The van der Waals surface area contributed by atoms with E-state index in [1.165, 1.54) is 0 Å². The third kappa shape index (κ3) is 3.63. The Morgan fingerprint density at radius 3 is 2.33 bits per heavy atom. The number of hydrogen-bond donors (Lipinski definition) is 2. The van der Waals surface area contributed by atoms with Gasteiger partial charge in [0.2, 0.25) is 11.9 Å². The predicted octanol–water partition coefficient (Wildman–Crippen LogP) is 3.53. The van der Waals surface area contributed by atoms with Gasteiger partial charge in [0.1, 0.15) is 0 Å². The Balaban J connectivity index is 0.00000208. The molecular formula is C17H19Cl2N5. The van der Waals surface area contributed by atoms with Crippen molar-refractivity contribution in [3.8, 4) is 0 Å². The monoisotopic (exact) mass is 363 g/mol. The molecule has 1 unspecified atom stereocenters. The van der Waals surface area contributed by atoms with Crippen molar-refractivity contribution in [2.45, 2.75) is 20.0 Å². The fraction of sp³-hybridized carbons (Fsp3) is 0.176. The quantitative estimate of drug-likeness (QED) is 0.856. The van der Waals surface area contributed by atoms with E-state index in [-0.39, 0.29) is 18.4 Å². The normalized spacial score (nSPS) is 17.0. The molecule has 4 N–H and O–H groups in total. The van der Waals surface area contributed by atoms with Crippen LogP contribution in [0.1, 0.15) is 22.9 Å². The van der Waals surface area contributed by atoms with Gasteiger partial charge in [-0.3, -0.25) is 4.90 Å². The van der Waals surface area contributed by atoms with E-state index < -0.39 is 6.17 Å². The molecule has 0 aromatic heterocycles. The standard InChI is InChI=1S/C17H18ClN5.ClH/c1-10-6-11(2)8-14(7-10)23-15(21-16(19)22-17(23)20)12-4-3-5-13(18)9-12;/h3-9,15H,1-2H3,(H4,19,20,21,22);1H. The van der Waals surface area contributed by atoms with E-state index >= 15 is 0 Å². The van der Waals surface area contributed by atoms with Crippen molar-refractivity contribution in [2.75, 3.05) is 4.90 Å². The average molecular weight is 364 g/mol. The van der Waals surface area contributed by atoms with E-state index in [4.69, 9.17) is 23.1 Å². The minimum atomic E-state index is -0.396. The van der Waals surface area contributed by atoms with Crippen LogP contribution in [0, 0.1) is 13.8 Å². The van der Waals surface area contributed by atoms with E-state index in [0.717, 1.165) is 22.4 Å². The van der Waals surface area contributed by atoms with E-state index in [1.54, 1.807) is 0 Å². The van der Waals surface area contributed by atoms with Crippen LogP contribution in [-0.4, -0.2) is 11.9 Å². The maximum atomic E-state index is 6.15. The molecule has 1 aliphatic heterocycles. The molecule has 126 valence electrons. The number of halogens is 2. The minimum Gasteiger partial charge on any atom is -0.369 e. The lowest BCUT2D eigenvalue weighted by atomic mass is 10.1. The first-order valence-electron chi connectivity index (χ1n) is 7.24. The molecule has 5 nitrogen and oxygen atoms in total. The van der Waals surface area contributed by atoms with Crippen molar-refractivity contribution in [1.29, 1.82) is 0 Å². The topological polar surface area (TPSA) is 80.0 Å². The average Bonchev–Trinajstić information content (AvgIpc) is 2.45. The summed E-state index contributed by atoms with van der Waals surface area (Å²) >= 11 is 6.12. The smallest absolute Gasteiger partial charge is 0.221 e. The molecule has 2 aromatic rings. The Bertz CT molecular complexity index is 796. The van der Waals surface area contributed by atoms with Gasteiger partial charge in [0.05, 0.1) is 0 Å². The summed E-state index contributed by atoms with van der Waals surface area (Å²) in [7, 11) is 0. The first-order valence-corrected chi connectivity index (χ1v) is 7.62. The van der Waals surface area contributed by atoms with Crippen LogP contribution in [0.4, 0.5) is 5.69 Å². The summed E-state index contributed by atoms with van der Waals surface area (Å²) < 4.78 is 0. The van der Waals surface area contributed by atoms with Gasteiger partial charge >= 0.3 is 0 Å². The van der Waals surface area contributed by atoms with E-state index in [9.17, 15) is 0 Å². The second-order valence-corrected chi connectivity index (χ2v) is 6.04. The zero-order valence-corrected chi connectivity index (χ0v) is 15.0. The zero-order valence-electron chi connectivity index (χ0n) is 13.4. The van der Waals surface area contributed by atoms with Gasteiger partial charge < -0.3 is 11.5 Å². The third-order valence-electron chi connectivity index (χ3n) is 3.61. The molecule has 0 aliphatic carbocycles. The van der Waals surface area contributed by atoms with E-state index in [2.05, 4.69) is 16.1 Å². The van der Waals surface area contributed by atoms with Crippen LogP contribution in [0.25, 0.3) is 0 Å². The largest absolute Gasteiger partial charge is 0.369 e. The van der Waals surface area contributed by atoms with Crippen LogP contribution < -0.4 is 16.4 Å². The van der Waals surface area contributed by atoms with Crippen molar-refractivity contribution < 1.29 is 0 Å². The molecule has 0 amide bonds. The number of nitrogens with two attached hydrogens (primary N) is 2. The third-order valence-corrected chi connectivity index (χ3v) is 3.84. The second kappa shape index (κ2) is 7.11. The van der Waals surface area contributed by atoms with Crippen molar-refractivity contribution >= 4 is 41.6 Å². The lowest BCUT2D eigenvalue weighted by Crippen LogP contribution is -2.44. The molecule has 0 spiro atoms. The predicted molar refractivity (Wildman–Crippen MR) is 103 cm³/mol. The van der Waals surface area contributed by atoms with E-state index in [0.29, 0.717) is 11.0 Å². The summed E-state index contributed by atoms with van der Waals surface area (Å²) in [5.41, 5.74) is 16.1. The Kier molecular flexibility index (Phi) is 5.36. The highest BCUT2D eigenvalue weighted by Crippen LogP contribution is 2.32. The maximum Gasteiger partial charge on any atom is 0.221 e. The number of aryl methyl sites for hydroxylation is 2. The van der Waals surface area contributed by atoms with Crippen molar-refractivity contribution in [3.05, 3.63) is 64.2 Å². The number of guanidine groups is 2. The van der Waals surface area contributed by atoms with Crippen LogP contribution in [-0.2, 0) is 0 Å². The van der Waals surface area contributed by atoms with Gasteiger partial charge in [-0.15, -0.1) is 12.4 Å². The van der Waals surface area contributed by atoms with Crippen molar-refractivity contribution in [1.82, 2.24) is 0 Å². The molecule has 0 radical (unpaired) electrons. The summed E-state index contributed by atoms with van der Waals surface area (Å²) in [4.78, 5) is 10.4. The lowest BCUT2D eigenvalue weighted by molar-refractivity contribution is 0.736. The lowest BCUT2D eigenvalue weighted by Gasteiger charge is -2.33. The summed E-state index contributed by atoms with van der Waals surface area (Å²) in [6.07, 6.45) is -0.396. The second-order valence-electron chi connectivity index (χ2n) is 5.60. The highest BCUT2D eigenvalue weighted by atomic mass is 35.5. The van der Waals surface area contributed by atoms with Gasteiger partial charge in [0.15, 0.2) is 6.17 Å². The Morgan fingerprint density at radius 2 is 1.71 bits per heavy atom. The summed E-state index contributed by atoms with van der Waals surface area (Å²) in [5.74, 6) is 0.473. The molecule has 3 rings (SSSR count). The minimum absolute atomic E-state index is 0. The van der Waals surface area contributed by atoms with E-state index in [1.807, 2.05) is 55.1 Å². The number of benzene rings is 2. The fourth-order valence-electron chi connectivity index (χ4n) is 2.76. The summed E-state index contributed by atoms with van der Waals surface area (Å²) in [5, 5.41) is 0.637. The zero-order chi connectivity index (χ0) is 16.6. The van der Waals surface area contributed by atoms with Crippen LogP contribution >= 0.6 is 24.0 Å². The number of nitrogens with zero attached hydrogens (tertiary/aromatic N) is 3. The number of anilines is 1. The summed E-state index contributed by atoms with van der Waals surface area (Å²) in [6.45, 7) is 4.08. The highest BCUT2D eigenvalue weighted by Gasteiger charge is 2.27. The first kappa shape index (κ1) is 18.1.